The first-order chi connectivity index (χ1) is 13.6. The minimum atomic E-state index is -0.211. The monoisotopic (exact) mass is 374 g/mol. The van der Waals surface area contributed by atoms with Gasteiger partial charge in [-0.05, 0) is 42.5 Å². The van der Waals surface area contributed by atoms with Crippen molar-refractivity contribution in [2.24, 2.45) is 0 Å². The van der Waals surface area contributed by atoms with Gasteiger partial charge in [0.05, 0.1) is 0 Å². The molecule has 2 N–H and O–H groups in total. The first-order valence-electron chi connectivity index (χ1n) is 9.66. The predicted molar refractivity (Wildman–Crippen MR) is 113 cm³/mol. The topological polar surface area (TPSA) is 66.9 Å². The average molecular weight is 374 g/mol. The first-order valence-corrected chi connectivity index (χ1v) is 9.66. The second kappa shape index (κ2) is 9.13. The maximum absolute atomic E-state index is 12.6. The molecule has 0 saturated heterocycles. The lowest BCUT2D eigenvalue weighted by atomic mass is 10.0. The van der Waals surface area contributed by atoms with Gasteiger partial charge in [0.25, 0.3) is 5.91 Å². The molecule has 0 saturated carbocycles. The maximum Gasteiger partial charge on any atom is 0.270 e. The van der Waals surface area contributed by atoms with Crippen LogP contribution in [-0.4, -0.2) is 15.9 Å². The highest BCUT2D eigenvalue weighted by Gasteiger charge is 2.13. The lowest BCUT2D eigenvalue weighted by Gasteiger charge is -2.15. The summed E-state index contributed by atoms with van der Waals surface area (Å²) in [6, 6.07) is 17.8. The molecule has 5 heteroatoms. The standard InChI is InChI=1S/C23H26N4O/c1-4-18-12-9-13-19(5-2)21(18)27-23-25-16(3)14-20(26-23)22(28)24-15-17-10-7-6-8-11-17/h6-14H,4-5,15H2,1-3H3,(H,24,28)(H,25,26,27). The summed E-state index contributed by atoms with van der Waals surface area (Å²) in [5.41, 5.74) is 5.60. The van der Waals surface area contributed by atoms with Gasteiger partial charge in [0, 0.05) is 17.9 Å². The van der Waals surface area contributed by atoms with E-state index in [0.717, 1.165) is 29.8 Å². The molecule has 0 radical (unpaired) electrons. The summed E-state index contributed by atoms with van der Waals surface area (Å²) in [6.07, 6.45) is 1.82. The molecule has 0 atom stereocenters. The number of aryl methyl sites for hydroxylation is 3. The largest absolute Gasteiger partial charge is 0.347 e. The Hall–Kier alpha value is -3.21. The minimum absolute atomic E-state index is 0.211. The van der Waals surface area contributed by atoms with Gasteiger partial charge in [0.1, 0.15) is 5.69 Å². The number of nitrogens with one attached hydrogen (secondary N) is 2. The molecule has 1 aromatic heterocycles. The third kappa shape index (κ3) is 4.74. The molecule has 0 fully saturated rings. The summed E-state index contributed by atoms with van der Waals surface area (Å²) in [4.78, 5) is 21.5. The predicted octanol–water partition coefficient (Wildman–Crippen LogP) is 4.58. The zero-order chi connectivity index (χ0) is 19.9. The van der Waals surface area contributed by atoms with E-state index < -0.39 is 0 Å². The fraction of sp³-hybridized carbons (Fsp3) is 0.261. The zero-order valence-electron chi connectivity index (χ0n) is 16.6. The highest BCUT2D eigenvalue weighted by Crippen LogP contribution is 2.25. The van der Waals surface area contributed by atoms with E-state index in [4.69, 9.17) is 0 Å². The molecule has 1 heterocycles. The van der Waals surface area contributed by atoms with Gasteiger partial charge < -0.3 is 10.6 Å². The Morgan fingerprint density at radius 2 is 1.61 bits per heavy atom. The lowest BCUT2D eigenvalue weighted by molar-refractivity contribution is 0.0945. The number of rotatable bonds is 7. The molecular formula is C23H26N4O. The van der Waals surface area contributed by atoms with Gasteiger partial charge >= 0.3 is 0 Å². The molecule has 0 aliphatic heterocycles. The number of para-hydroxylation sites is 1. The molecule has 0 bridgehead atoms. The average Bonchev–Trinajstić information content (AvgIpc) is 2.72. The molecule has 3 aromatic rings. The number of hydrogen-bond acceptors (Lipinski definition) is 4. The van der Waals surface area contributed by atoms with Crippen LogP contribution in [0.4, 0.5) is 11.6 Å². The van der Waals surface area contributed by atoms with Crippen molar-refractivity contribution in [2.45, 2.75) is 40.2 Å². The van der Waals surface area contributed by atoms with Gasteiger partial charge in [-0.3, -0.25) is 4.79 Å². The van der Waals surface area contributed by atoms with Crippen LogP contribution in [0.3, 0.4) is 0 Å². The molecule has 0 aliphatic rings. The number of carbonyl (C=O) groups excluding carboxylic acids is 1. The third-order valence-corrected chi connectivity index (χ3v) is 4.62. The van der Waals surface area contributed by atoms with Gasteiger partial charge in [0.2, 0.25) is 5.95 Å². The SMILES string of the molecule is CCc1cccc(CC)c1Nc1nc(C)cc(C(=O)NCc2ccccc2)n1. The number of amides is 1. The van der Waals surface area contributed by atoms with E-state index in [1.54, 1.807) is 6.07 Å². The summed E-state index contributed by atoms with van der Waals surface area (Å²) in [7, 11) is 0. The highest BCUT2D eigenvalue weighted by molar-refractivity contribution is 5.92. The van der Waals surface area contributed by atoms with Crippen LogP contribution in [0.25, 0.3) is 0 Å². The van der Waals surface area contributed by atoms with Crippen molar-refractivity contribution in [2.75, 3.05) is 5.32 Å². The number of hydrogen-bond donors (Lipinski definition) is 2. The molecule has 2 aromatic carbocycles. The zero-order valence-corrected chi connectivity index (χ0v) is 16.6. The van der Waals surface area contributed by atoms with Crippen LogP contribution in [0, 0.1) is 6.92 Å². The highest BCUT2D eigenvalue weighted by atomic mass is 16.1. The molecule has 0 unspecified atom stereocenters. The Labute approximate surface area is 166 Å². The van der Waals surface area contributed by atoms with Crippen molar-refractivity contribution in [1.82, 2.24) is 15.3 Å². The van der Waals surface area contributed by atoms with Crippen LogP contribution >= 0.6 is 0 Å². The van der Waals surface area contributed by atoms with Crippen LogP contribution in [0.5, 0.6) is 0 Å². The Morgan fingerprint density at radius 3 is 2.25 bits per heavy atom. The number of carbonyl (C=O) groups is 1. The normalized spacial score (nSPS) is 10.5. The molecule has 0 spiro atoms. The number of nitrogens with zero attached hydrogens (tertiary/aromatic N) is 2. The lowest BCUT2D eigenvalue weighted by Crippen LogP contribution is -2.24. The molecule has 144 valence electrons. The van der Waals surface area contributed by atoms with Crippen molar-refractivity contribution in [3.8, 4) is 0 Å². The number of anilines is 2. The van der Waals surface area contributed by atoms with E-state index in [1.165, 1.54) is 11.1 Å². The van der Waals surface area contributed by atoms with Crippen LogP contribution in [0.15, 0.2) is 54.6 Å². The van der Waals surface area contributed by atoms with Crippen molar-refractivity contribution in [1.29, 1.82) is 0 Å². The minimum Gasteiger partial charge on any atom is -0.347 e. The first kappa shape index (κ1) is 19.5. The molecule has 28 heavy (non-hydrogen) atoms. The van der Waals surface area contributed by atoms with E-state index in [9.17, 15) is 4.79 Å². The molecule has 5 nitrogen and oxygen atoms in total. The molecular weight excluding hydrogens is 348 g/mol. The fourth-order valence-electron chi connectivity index (χ4n) is 3.12. The van der Waals surface area contributed by atoms with Gasteiger partial charge in [0.15, 0.2) is 0 Å². The van der Waals surface area contributed by atoms with E-state index in [-0.39, 0.29) is 5.91 Å². The van der Waals surface area contributed by atoms with E-state index in [2.05, 4.69) is 52.6 Å². The van der Waals surface area contributed by atoms with Crippen LogP contribution < -0.4 is 10.6 Å². The van der Waals surface area contributed by atoms with Crippen molar-refractivity contribution in [3.63, 3.8) is 0 Å². The van der Waals surface area contributed by atoms with Crippen molar-refractivity contribution in [3.05, 3.63) is 82.7 Å². The second-order valence-corrected chi connectivity index (χ2v) is 6.67. The fourth-order valence-corrected chi connectivity index (χ4v) is 3.12. The summed E-state index contributed by atoms with van der Waals surface area (Å²) >= 11 is 0. The smallest absolute Gasteiger partial charge is 0.270 e. The van der Waals surface area contributed by atoms with Crippen molar-refractivity contribution < 1.29 is 4.79 Å². The van der Waals surface area contributed by atoms with Crippen LogP contribution in [-0.2, 0) is 19.4 Å². The summed E-state index contributed by atoms with van der Waals surface area (Å²) in [6.45, 7) is 6.58. The van der Waals surface area contributed by atoms with Gasteiger partial charge in [-0.2, -0.15) is 0 Å². The quantitative estimate of drug-likeness (QED) is 0.635. The van der Waals surface area contributed by atoms with E-state index in [0.29, 0.717) is 18.2 Å². The number of aromatic nitrogens is 2. The third-order valence-electron chi connectivity index (χ3n) is 4.62. The summed E-state index contributed by atoms with van der Waals surface area (Å²) in [5, 5.41) is 6.27. The Kier molecular flexibility index (Phi) is 6.37. The molecule has 3 rings (SSSR count). The maximum atomic E-state index is 12.6. The van der Waals surface area contributed by atoms with Gasteiger partial charge in [-0.1, -0.05) is 62.4 Å². The van der Waals surface area contributed by atoms with Crippen LogP contribution in [0.1, 0.15) is 46.7 Å². The van der Waals surface area contributed by atoms with Crippen LogP contribution in [0.2, 0.25) is 0 Å². The Balaban J connectivity index is 1.81. The van der Waals surface area contributed by atoms with Crippen molar-refractivity contribution >= 4 is 17.5 Å². The number of benzene rings is 2. The molecule has 1 amide bonds. The van der Waals surface area contributed by atoms with E-state index in [1.807, 2.05) is 37.3 Å². The second-order valence-electron chi connectivity index (χ2n) is 6.67. The van der Waals surface area contributed by atoms with Gasteiger partial charge in [-0.15, -0.1) is 0 Å². The van der Waals surface area contributed by atoms with Gasteiger partial charge in [-0.25, -0.2) is 9.97 Å². The summed E-state index contributed by atoms with van der Waals surface area (Å²) in [5.74, 6) is 0.234. The Morgan fingerprint density at radius 1 is 0.929 bits per heavy atom. The van der Waals surface area contributed by atoms with E-state index >= 15 is 0 Å². The Bertz CT molecular complexity index is 932. The molecule has 0 aliphatic carbocycles. The summed E-state index contributed by atoms with van der Waals surface area (Å²) < 4.78 is 0.